The molecule has 0 unspecified atom stereocenters. The molecule has 0 amide bonds. The third-order valence-electron chi connectivity index (χ3n) is 6.64. The van der Waals surface area contributed by atoms with Crippen LogP contribution in [0.1, 0.15) is 46.6 Å². The van der Waals surface area contributed by atoms with Crippen LogP contribution in [-0.2, 0) is 4.74 Å². The zero-order valence-electron chi connectivity index (χ0n) is 22.5. The van der Waals surface area contributed by atoms with Crippen LogP contribution in [0.4, 0.5) is 5.69 Å². The fourth-order valence-corrected chi connectivity index (χ4v) is 4.45. The second-order valence-electron chi connectivity index (χ2n) is 11.3. The number of ether oxygens (including phenoxy) is 2. The zero-order valence-corrected chi connectivity index (χ0v) is 22.5. The number of benzene rings is 2. The van der Waals surface area contributed by atoms with Gasteiger partial charge in [-0.2, -0.15) is 5.26 Å². The van der Waals surface area contributed by atoms with Crippen molar-refractivity contribution in [1.29, 1.82) is 5.26 Å². The third kappa shape index (κ3) is 6.34. The molecular weight excluding hydrogens is 448 g/mol. The van der Waals surface area contributed by atoms with Crippen LogP contribution >= 0.6 is 0 Å². The lowest BCUT2D eigenvalue weighted by molar-refractivity contribution is -0.0300. The maximum Gasteiger partial charge on any atom is 0.232 e. The predicted octanol–water partition coefficient (Wildman–Crippen LogP) is 5.89. The lowest BCUT2D eigenvalue weighted by atomic mass is 9.98. The first-order valence-electron chi connectivity index (χ1n) is 12.7. The third-order valence-corrected chi connectivity index (χ3v) is 6.64. The first-order chi connectivity index (χ1) is 17.0. The molecule has 0 atom stereocenters. The normalized spacial score (nSPS) is 15.2. The Morgan fingerprint density at radius 1 is 0.944 bits per heavy atom. The molecule has 2 heterocycles. The highest BCUT2D eigenvalue weighted by atomic mass is 16.5. The Morgan fingerprint density at radius 2 is 1.64 bits per heavy atom. The van der Waals surface area contributed by atoms with E-state index in [0.29, 0.717) is 24.5 Å². The average molecular weight is 487 g/mol. The van der Waals surface area contributed by atoms with Gasteiger partial charge in [-0.1, -0.05) is 18.2 Å². The molecule has 1 fully saturated rings. The lowest BCUT2D eigenvalue weighted by Gasteiger charge is -2.34. The Bertz CT molecular complexity index is 1250. The highest BCUT2D eigenvalue weighted by Gasteiger charge is 2.25. The molecule has 2 aromatic carbocycles. The molecule has 6 heteroatoms. The van der Waals surface area contributed by atoms with Gasteiger partial charge >= 0.3 is 0 Å². The van der Waals surface area contributed by atoms with Gasteiger partial charge in [0.05, 0.1) is 12.2 Å². The molecule has 0 aliphatic carbocycles. The Hall–Kier alpha value is -3.14. The fraction of sp³-hybridized carbons (Fsp3) is 0.467. The summed E-state index contributed by atoms with van der Waals surface area (Å²) in [5.41, 5.74) is 2.80. The molecule has 6 nitrogen and oxygen atoms in total. The minimum Gasteiger partial charge on any atom is -0.471 e. The van der Waals surface area contributed by atoms with Crippen molar-refractivity contribution in [3.63, 3.8) is 0 Å². The van der Waals surface area contributed by atoms with E-state index < -0.39 is 5.60 Å². The van der Waals surface area contributed by atoms with Gasteiger partial charge in [-0.3, -0.25) is 0 Å². The van der Waals surface area contributed by atoms with Crippen LogP contribution in [0.5, 0.6) is 5.88 Å². The van der Waals surface area contributed by atoms with Crippen molar-refractivity contribution < 1.29 is 9.47 Å². The predicted molar refractivity (Wildman–Crippen MR) is 147 cm³/mol. The number of nitrogens with zero attached hydrogens (tertiary/aromatic N) is 4. The van der Waals surface area contributed by atoms with Crippen molar-refractivity contribution in [2.75, 3.05) is 44.7 Å². The van der Waals surface area contributed by atoms with Gasteiger partial charge in [-0.05, 0) is 82.3 Å². The minimum atomic E-state index is -0.522. The number of nitriles is 1. The quantitative estimate of drug-likeness (QED) is 0.415. The van der Waals surface area contributed by atoms with E-state index in [2.05, 4.69) is 64.3 Å². The first kappa shape index (κ1) is 25.9. The molecule has 190 valence electrons. The van der Waals surface area contributed by atoms with E-state index in [1.54, 1.807) is 6.20 Å². The van der Waals surface area contributed by atoms with Crippen LogP contribution in [0, 0.1) is 11.3 Å². The van der Waals surface area contributed by atoms with E-state index >= 15 is 0 Å². The molecule has 4 rings (SSSR count). The summed E-state index contributed by atoms with van der Waals surface area (Å²) in [6.45, 7) is 14.9. The van der Waals surface area contributed by atoms with Crippen molar-refractivity contribution in [3.8, 4) is 23.1 Å². The molecule has 0 N–H and O–H groups in total. The maximum atomic E-state index is 10.0. The molecule has 0 bridgehead atoms. The number of hydrogen-bond acceptors (Lipinski definition) is 6. The highest BCUT2D eigenvalue weighted by Crippen LogP contribution is 2.33. The number of hydrogen-bond donors (Lipinski definition) is 0. The number of rotatable bonds is 7. The molecule has 3 aromatic rings. The number of fused-ring (bicyclic) bond motifs is 1. The number of pyridine rings is 1. The first-order valence-corrected chi connectivity index (χ1v) is 12.7. The topological polar surface area (TPSA) is 61.6 Å². The molecule has 0 saturated carbocycles. The van der Waals surface area contributed by atoms with Gasteiger partial charge in [0.2, 0.25) is 5.88 Å². The van der Waals surface area contributed by atoms with Crippen LogP contribution < -0.4 is 9.64 Å². The summed E-state index contributed by atoms with van der Waals surface area (Å²) in [6.07, 6.45) is 2.40. The number of anilines is 1. The van der Waals surface area contributed by atoms with Crippen molar-refractivity contribution in [1.82, 2.24) is 9.88 Å². The van der Waals surface area contributed by atoms with Gasteiger partial charge in [-0.15, -0.1) is 0 Å². The standard InChI is InChI=1S/C30H38N4O2/c1-29(2,3)35-18-12-30(4,5)36-28-27(21-31)26(11-13-32-28)24-8-7-23-20-25(10-9-22(23)19-24)34-16-14-33(6)15-17-34/h7-11,13,19-20H,12,14-18H2,1-6H3. The fourth-order valence-electron chi connectivity index (χ4n) is 4.45. The van der Waals surface area contributed by atoms with Crippen molar-refractivity contribution >= 4 is 16.5 Å². The molecule has 1 aromatic heterocycles. The van der Waals surface area contributed by atoms with E-state index in [1.165, 1.54) is 11.1 Å². The SMILES string of the molecule is CN1CCN(c2ccc3cc(-c4ccnc(OC(C)(C)CCOC(C)(C)C)c4C#N)ccc3c2)CC1. The van der Waals surface area contributed by atoms with E-state index in [1.807, 2.05) is 40.7 Å². The largest absolute Gasteiger partial charge is 0.471 e. The van der Waals surface area contributed by atoms with Gasteiger partial charge in [-0.25, -0.2) is 4.98 Å². The molecule has 1 aliphatic heterocycles. The van der Waals surface area contributed by atoms with Crippen LogP contribution in [0.2, 0.25) is 0 Å². The smallest absolute Gasteiger partial charge is 0.232 e. The summed E-state index contributed by atoms with van der Waals surface area (Å²) >= 11 is 0. The maximum absolute atomic E-state index is 10.0. The second kappa shape index (κ2) is 10.5. The molecular formula is C30H38N4O2. The Kier molecular flexibility index (Phi) is 7.54. The molecule has 1 aliphatic rings. The van der Waals surface area contributed by atoms with Crippen LogP contribution in [0.3, 0.4) is 0 Å². The molecule has 36 heavy (non-hydrogen) atoms. The Balaban J connectivity index is 1.57. The van der Waals surface area contributed by atoms with Crippen molar-refractivity contribution in [2.24, 2.45) is 0 Å². The summed E-state index contributed by atoms with van der Waals surface area (Å²) < 4.78 is 12.1. The van der Waals surface area contributed by atoms with Gasteiger partial charge in [0.15, 0.2) is 0 Å². The lowest BCUT2D eigenvalue weighted by Crippen LogP contribution is -2.44. The summed E-state index contributed by atoms with van der Waals surface area (Å²) in [7, 11) is 2.17. The number of piperazine rings is 1. The van der Waals surface area contributed by atoms with Crippen molar-refractivity contribution in [2.45, 2.75) is 52.2 Å². The summed E-state index contributed by atoms with van der Waals surface area (Å²) in [5, 5.41) is 12.4. The monoisotopic (exact) mass is 486 g/mol. The second-order valence-corrected chi connectivity index (χ2v) is 11.3. The van der Waals surface area contributed by atoms with E-state index in [9.17, 15) is 5.26 Å². The van der Waals surface area contributed by atoms with Gasteiger partial charge in [0.1, 0.15) is 17.2 Å². The zero-order chi connectivity index (χ0) is 25.9. The Morgan fingerprint density at radius 3 is 2.33 bits per heavy atom. The van der Waals surface area contributed by atoms with Crippen LogP contribution in [-0.4, -0.2) is 60.9 Å². The van der Waals surface area contributed by atoms with E-state index in [4.69, 9.17) is 9.47 Å². The number of likely N-dealkylation sites (N-methyl/N-ethyl adjacent to an activating group) is 1. The summed E-state index contributed by atoms with van der Waals surface area (Å²) in [5.74, 6) is 0.362. The molecule has 0 spiro atoms. The van der Waals surface area contributed by atoms with E-state index in [0.717, 1.165) is 42.7 Å². The average Bonchev–Trinajstić information content (AvgIpc) is 2.82. The van der Waals surface area contributed by atoms with Gasteiger partial charge in [0, 0.05) is 50.0 Å². The van der Waals surface area contributed by atoms with Crippen LogP contribution in [0.15, 0.2) is 48.7 Å². The van der Waals surface area contributed by atoms with E-state index in [-0.39, 0.29) is 5.60 Å². The molecule has 1 saturated heterocycles. The molecule has 0 radical (unpaired) electrons. The highest BCUT2D eigenvalue weighted by molar-refractivity contribution is 5.90. The minimum absolute atomic E-state index is 0.201. The van der Waals surface area contributed by atoms with Crippen LogP contribution in [0.25, 0.3) is 21.9 Å². The van der Waals surface area contributed by atoms with Gasteiger partial charge < -0.3 is 19.3 Å². The number of aromatic nitrogens is 1. The summed E-state index contributed by atoms with van der Waals surface area (Å²) in [6, 6.07) is 17.2. The summed E-state index contributed by atoms with van der Waals surface area (Å²) in [4.78, 5) is 9.23. The van der Waals surface area contributed by atoms with Crippen molar-refractivity contribution in [3.05, 3.63) is 54.2 Å². The van der Waals surface area contributed by atoms with Gasteiger partial charge in [0.25, 0.3) is 0 Å². The Labute approximate surface area is 215 Å².